The minimum absolute atomic E-state index is 0.0233. The van der Waals surface area contributed by atoms with Crippen molar-refractivity contribution in [3.8, 4) is 0 Å². The Hall–Kier alpha value is -2.77. The Kier molecular flexibility index (Phi) is 12.3. The molecule has 0 saturated carbocycles. The number of rotatable bonds is 13. The van der Waals surface area contributed by atoms with Crippen LogP contribution in [-0.2, 0) is 25.6 Å². The van der Waals surface area contributed by atoms with Gasteiger partial charge in [0, 0.05) is 52.3 Å². The number of anilines is 1. The summed E-state index contributed by atoms with van der Waals surface area (Å²) in [4.78, 5) is 39.5. The molecule has 1 N–H and O–H groups in total. The first kappa shape index (κ1) is 28.3. The Morgan fingerprint density at radius 2 is 1.58 bits per heavy atom. The van der Waals surface area contributed by atoms with Crippen LogP contribution in [0.25, 0.3) is 0 Å². The van der Waals surface area contributed by atoms with Crippen LogP contribution in [0.5, 0.6) is 0 Å². The average molecular weight is 464 g/mol. The van der Waals surface area contributed by atoms with Crippen molar-refractivity contribution in [3.05, 3.63) is 29.8 Å². The number of unbranched alkanes of at least 4 members (excludes halogenated alkanes) is 2. The minimum Gasteiger partial charge on any atom is -0.469 e. The molecule has 0 unspecified atom stereocenters. The van der Waals surface area contributed by atoms with E-state index < -0.39 is 5.60 Å². The molecular weight excluding hydrogens is 422 g/mol. The highest BCUT2D eigenvalue weighted by Gasteiger charge is 2.22. The fourth-order valence-corrected chi connectivity index (χ4v) is 3.08. The molecule has 0 spiro atoms. The van der Waals surface area contributed by atoms with Crippen molar-refractivity contribution in [2.75, 3.05) is 39.2 Å². The molecule has 1 rings (SSSR count). The molecule has 8 heteroatoms. The Balaban J connectivity index is 2.47. The Bertz CT molecular complexity index is 741. The van der Waals surface area contributed by atoms with Crippen LogP contribution in [0.3, 0.4) is 0 Å². The summed E-state index contributed by atoms with van der Waals surface area (Å²) < 4.78 is 10.2. The number of hydrogen-bond acceptors (Lipinski definition) is 6. The van der Waals surface area contributed by atoms with Gasteiger partial charge >= 0.3 is 12.1 Å². The summed E-state index contributed by atoms with van der Waals surface area (Å²) in [6.07, 6.45) is 3.19. The molecule has 0 bridgehead atoms. The van der Waals surface area contributed by atoms with Crippen LogP contribution < -0.4 is 10.2 Å². The second kappa shape index (κ2) is 14.4. The van der Waals surface area contributed by atoms with Gasteiger partial charge < -0.3 is 24.6 Å². The van der Waals surface area contributed by atoms with E-state index in [0.717, 1.165) is 24.1 Å². The number of nitrogens with one attached hydrogen (secondary N) is 1. The number of carbonyl (C=O) groups excluding carboxylic acids is 3. The molecular formula is C25H41N3O5. The van der Waals surface area contributed by atoms with Gasteiger partial charge in [-0.25, -0.2) is 4.79 Å². The fourth-order valence-electron chi connectivity index (χ4n) is 3.08. The van der Waals surface area contributed by atoms with Crippen molar-refractivity contribution < 1.29 is 23.9 Å². The van der Waals surface area contributed by atoms with Crippen LogP contribution in [0, 0.1) is 0 Å². The Morgan fingerprint density at radius 3 is 2.15 bits per heavy atom. The summed E-state index contributed by atoms with van der Waals surface area (Å²) >= 11 is 0. The SMILES string of the molecule is COC(=O)CCCCC(=O)NCCCCN(Cc1ccc(N(C)C)cc1)C(=O)OC(C)(C)C. The van der Waals surface area contributed by atoms with Crippen LogP contribution >= 0.6 is 0 Å². The summed E-state index contributed by atoms with van der Waals surface area (Å²) in [7, 11) is 5.34. The van der Waals surface area contributed by atoms with Crippen LogP contribution in [0.15, 0.2) is 24.3 Å². The lowest BCUT2D eigenvalue weighted by molar-refractivity contribution is -0.140. The average Bonchev–Trinajstić information content (AvgIpc) is 2.74. The van der Waals surface area contributed by atoms with E-state index >= 15 is 0 Å². The molecule has 0 atom stereocenters. The summed E-state index contributed by atoms with van der Waals surface area (Å²) in [6, 6.07) is 8.10. The molecule has 0 aliphatic carbocycles. The molecule has 1 aromatic rings. The summed E-state index contributed by atoms with van der Waals surface area (Å²) in [5.41, 5.74) is 1.57. The molecule has 0 saturated heterocycles. The van der Waals surface area contributed by atoms with Gasteiger partial charge in [0.05, 0.1) is 7.11 Å². The number of ether oxygens (including phenoxy) is 2. The van der Waals surface area contributed by atoms with E-state index in [-0.39, 0.29) is 18.0 Å². The second-order valence-corrected chi connectivity index (χ2v) is 9.30. The number of esters is 1. The lowest BCUT2D eigenvalue weighted by Gasteiger charge is -2.27. The number of carbonyl (C=O) groups is 3. The largest absolute Gasteiger partial charge is 0.469 e. The molecule has 2 amide bonds. The van der Waals surface area contributed by atoms with Gasteiger partial charge in [-0.15, -0.1) is 0 Å². The third-order valence-corrected chi connectivity index (χ3v) is 4.92. The van der Waals surface area contributed by atoms with E-state index in [1.54, 1.807) is 4.90 Å². The first-order chi connectivity index (χ1) is 15.5. The zero-order chi connectivity index (χ0) is 24.9. The Labute approximate surface area is 198 Å². The molecule has 186 valence electrons. The van der Waals surface area contributed by atoms with Crippen LogP contribution in [0.4, 0.5) is 10.5 Å². The van der Waals surface area contributed by atoms with Crippen LogP contribution in [-0.4, -0.2) is 62.8 Å². The van der Waals surface area contributed by atoms with E-state index in [9.17, 15) is 14.4 Å². The van der Waals surface area contributed by atoms with Crippen molar-refractivity contribution in [2.45, 2.75) is 71.4 Å². The van der Waals surface area contributed by atoms with Gasteiger partial charge in [-0.05, 0) is 64.2 Å². The maximum Gasteiger partial charge on any atom is 0.410 e. The second-order valence-electron chi connectivity index (χ2n) is 9.30. The summed E-state index contributed by atoms with van der Waals surface area (Å²) in [5, 5.41) is 2.90. The van der Waals surface area contributed by atoms with E-state index in [0.29, 0.717) is 45.3 Å². The number of methoxy groups -OCH3 is 1. The van der Waals surface area contributed by atoms with E-state index in [1.807, 2.05) is 64.0 Å². The van der Waals surface area contributed by atoms with E-state index in [1.165, 1.54) is 7.11 Å². The van der Waals surface area contributed by atoms with Gasteiger partial charge in [-0.2, -0.15) is 0 Å². The van der Waals surface area contributed by atoms with Gasteiger partial charge in [-0.3, -0.25) is 9.59 Å². The van der Waals surface area contributed by atoms with Gasteiger partial charge in [0.1, 0.15) is 5.60 Å². The van der Waals surface area contributed by atoms with Gasteiger partial charge in [0.2, 0.25) is 5.91 Å². The zero-order valence-electron chi connectivity index (χ0n) is 21.1. The van der Waals surface area contributed by atoms with Crippen molar-refractivity contribution >= 4 is 23.7 Å². The number of nitrogens with zero attached hydrogens (tertiary/aromatic N) is 2. The summed E-state index contributed by atoms with van der Waals surface area (Å²) in [5.74, 6) is -0.275. The first-order valence-electron chi connectivity index (χ1n) is 11.6. The molecule has 0 aliphatic heterocycles. The fraction of sp³-hybridized carbons (Fsp3) is 0.640. The smallest absolute Gasteiger partial charge is 0.410 e. The highest BCUT2D eigenvalue weighted by molar-refractivity contribution is 5.76. The van der Waals surface area contributed by atoms with Crippen molar-refractivity contribution in [3.63, 3.8) is 0 Å². The number of benzene rings is 1. The van der Waals surface area contributed by atoms with Crippen molar-refractivity contribution in [1.82, 2.24) is 10.2 Å². The Morgan fingerprint density at radius 1 is 0.939 bits per heavy atom. The first-order valence-corrected chi connectivity index (χ1v) is 11.6. The van der Waals surface area contributed by atoms with Crippen molar-refractivity contribution in [2.24, 2.45) is 0 Å². The lowest BCUT2D eigenvalue weighted by Crippen LogP contribution is -2.37. The molecule has 0 radical (unpaired) electrons. The topological polar surface area (TPSA) is 88.2 Å². The molecule has 0 fully saturated rings. The van der Waals surface area contributed by atoms with Crippen molar-refractivity contribution in [1.29, 1.82) is 0 Å². The zero-order valence-corrected chi connectivity index (χ0v) is 21.1. The van der Waals surface area contributed by atoms with Crippen LogP contribution in [0.1, 0.15) is 64.9 Å². The standard InChI is InChI=1S/C25H41N3O5/c1-25(2,3)33-24(31)28(19-20-13-15-21(16-14-20)27(4)5)18-10-9-17-26-22(29)11-7-8-12-23(30)32-6/h13-16H,7-12,17-19H2,1-6H3,(H,26,29). The third-order valence-electron chi connectivity index (χ3n) is 4.92. The minimum atomic E-state index is -0.564. The quantitative estimate of drug-likeness (QED) is 0.350. The molecule has 0 heterocycles. The highest BCUT2D eigenvalue weighted by atomic mass is 16.6. The van der Waals surface area contributed by atoms with Crippen LogP contribution in [0.2, 0.25) is 0 Å². The highest BCUT2D eigenvalue weighted by Crippen LogP contribution is 2.16. The van der Waals surface area contributed by atoms with Gasteiger partial charge in [-0.1, -0.05) is 12.1 Å². The van der Waals surface area contributed by atoms with E-state index in [2.05, 4.69) is 10.1 Å². The molecule has 1 aromatic carbocycles. The third kappa shape index (κ3) is 12.7. The maximum absolute atomic E-state index is 12.7. The molecule has 8 nitrogen and oxygen atoms in total. The van der Waals surface area contributed by atoms with E-state index in [4.69, 9.17) is 4.74 Å². The number of hydrogen-bond donors (Lipinski definition) is 1. The number of amides is 2. The predicted molar refractivity (Wildman–Crippen MR) is 130 cm³/mol. The predicted octanol–water partition coefficient (Wildman–Crippen LogP) is 4.12. The monoisotopic (exact) mass is 463 g/mol. The normalized spacial score (nSPS) is 11.0. The van der Waals surface area contributed by atoms with Gasteiger partial charge in [0.25, 0.3) is 0 Å². The molecule has 0 aromatic heterocycles. The molecule has 0 aliphatic rings. The van der Waals surface area contributed by atoms with Gasteiger partial charge in [0.15, 0.2) is 0 Å². The lowest BCUT2D eigenvalue weighted by atomic mass is 10.1. The maximum atomic E-state index is 12.7. The molecule has 33 heavy (non-hydrogen) atoms. The summed E-state index contributed by atoms with van der Waals surface area (Å²) in [6.45, 7) is 7.13.